The van der Waals surface area contributed by atoms with Crippen LogP contribution in [-0.4, -0.2) is 27.2 Å². The van der Waals surface area contributed by atoms with Crippen LogP contribution in [0.4, 0.5) is 0 Å². The molecule has 6 nitrogen and oxygen atoms in total. The van der Waals surface area contributed by atoms with Crippen LogP contribution in [0.2, 0.25) is 0 Å². The number of rotatable bonds is 10. The van der Waals surface area contributed by atoms with Crippen molar-refractivity contribution in [3.63, 3.8) is 0 Å². The number of carbonyl (C=O) groups is 1. The Kier molecular flexibility index (Phi) is 8.10. The van der Waals surface area contributed by atoms with Crippen molar-refractivity contribution < 1.29 is 14.6 Å². The van der Waals surface area contributed by atoms with Crippen LogP contribution in [-0.2, 0) is 11.4 Å². The van der Waals surface area contributed by atoms with Gasteiger partial charge in [0.2, 0.25) is 5.91 Å². The van der Waals surface area contributed by atoms with Gasteiger partial charge in [-0.1, -0.05) is 73.5 Å². The van der Waals surface area contributed by atoms with Gasteiger partial charge in [0.25, 0.3) is 0 Å². The topological polar surface area (TPSA) is 76.4 Å². The number of aliphatic hydroxyl groups is 1. The molecule has 1 fully saturated rings. The van der Waals surface area contributed by atoms with Gasteiger partial charge >= 0.3 is 0 Å². The number of aliphatic hydroxyl groups excluding tert-OH is 1. The van der Waals surface area contributed by atoms with Gasteiger partial charge in [0.05, 0.1) is 35.5 Å². The molecular weight excluding hydrogens is 510 g/mol. The largest absolute Gasteiger partial charge is 0.485 e. The van der Waals surface area contributed by atoms with Gasteiger partial charge in [-0.2, -0.15) is 0 Å². The molecule has 6 rings (SSSR count). The summed E-state index contributed by atoms with van der Waals surface area (Å²) in [5, 5.41) is 14.4. The van der Waals surface area contributed by atoms with Gasteiger partial charge in [0, 0.05) is 17.8 Å². The molecule has 1 aliphatic rings. The average Bonchev–Trinajstić information content (AvgIpc) is 3.75. The monoisotopic (exact) mass is 545 g/mol. The fourth-order valence-corrected chi connectivity index (χ4v) is 6.00. The quantitative estimate of drug-likeness (QED) is 0.204. The molecule has 2 aromatic heterocycles. The molecule has 1 amide bonds. The Morgan fingerprint density at radius 1 is 0.902 bits per heavy atom. The molecule has 2 atom stereocenters. The number of fused-ring (bicyclic) bond motifs is 1. The van der Waals surface area contributed by atoms with Gasteiger partial charge in [-0.15, -0.1) is 0 Å². The number of carbonyl (C=O) groups excluding carboxylic acids is 1. The number of benzene rings is 3. The molecule has 6 heteroatoms. The van der Waals surface area contributed by atoms with Crippen molar-refractivity contribution in [2.45, 2.75) is 44.2 Å². The van der Waals surface area contributed by atoms with Crippen molar-refractivity contribution in [3.05, 3.63) is 126 Å². The van der Waals surface area contributed by atoms with Crippen molar-refractivity contribution in [3.8, 4) is 11.4 Å². The molecule has 0 spiro atoms. The summed E-state index contributed by atoms with van der Waals surface area (Å²) in [5.74, 6) is 0.604. The van der Waals surface area contributed by atoms with Crippen LogP contribution in [0.3, 0.4) is 0 Å². The minimum Gasteiger partial charge on any atom is -0.485 e. The highest BCUT2D eigenvalue weighted by molar-refractivity contribution is 5.85. The maximum atomic E-state index is 13.9. The summed E-state index contributed by atoms with van der Waals surface area (Å²) in [7, 11) is 0. The zero-order chi connectivity index (χ0) is 28.0. The predicted molar refractivity (Wildman–Crippen MR) is 161 cm³/mol. The Morgan fingerprint density at radius 3 is 2.44 bits per heavy atom. The van der Waals surface area contributed by atoms with Crippen LogP contribution < -0.4 is 10.1 Å². The van der Waals surface area contributed by atoms with Crippen molar-refractivity contribution in [1.29, 1.82) is 0 Å². The van der Waals surface area contributed by atoms with E-state index in [1.165, 1.54) is 0 Å². The Balaban J connectivity index is 1.30. The summed E-state index contributed by atoms with van der Waals surface area (Å²) >= 11 is 0. The summed E-state index contributed by atoms with van der Waals surface area (Å²) in [6, 6.07) is 31.4. The lowest BCUT2D eigenvalue weighted by atomic mass is 9.83. The fraction of sp³-hybridized carbons (Fsp3) is 0.257. The van der Waals surface area contributed by atoms with E-state index in [1.54, 1.807) is 0 Å². The van der Waals surface area contributed by atoms with Gasteiger partial charge in [-0.3, -0.25) is 4.79 Å². The highest BCUT2D eigenvalue weighted by atomic mass is 16.5. The molecule has 1 saturated carbocycles. The number of ether oxygens (including phenoxy) is 1. The molecule has 208 valence electrons. The standard InChI is InChI=1S/C35H35N3O3/c39-23-31(25-10-2-1-3-11-25)37-35(40)34(27-13-4-5-14-27)28-17-19-33(32(22-28)38-20-8-9-21-38)41-24-29-18-16-26-12-6-7-15-30(26)36-29/h1-3,6-12,15-22,27,31,34,39H,4-5,13-14,23-24H2,(H,37,40)/t31-,34?/m0/s1. The number of hydrogen-bond acceptors (Lipinski definition) is 4. The minimum absolute atomic E-state index is 0.0488. The van der Waals surface area contributed by atoms with Crippen molar-refractivity contribution >= 4 is 16.8 Å². The Hall–Kier alpha value is -4.42. The van der Waals surface area contributed by atoms with Gasteiger partial charge in [0.1, 0.15) is 12.4 Å². The highest BCUT2D eigenvalue weighted by Crippen LogP contribution is 2.40. The van der Waals surface area contributed by atoms with E-state index in [4.69, 9.17) is 9.72 Å². The van der Waals surface area contributed by atoms with E-state index in [-0.39, 0.29) is 24.3 Å². The molecule has 3 aromatic carbocycles. The maximum Gasteiger partial charge on any atom is 0.228 e. The lowest BCUT2D eigenvalue weighted by Gasteiger charge is -2.27. The normalized spacial score (nSPS) is 15.0. The third-order valence-corrected chi connectivity index (χ3v) is 8.11. The summed E-state index contributed by atoms with van der Waals surface area (Å²) in [4.78, 5) is 18.7. The van der Waals surface area contributed by atoms with Gasteiger partial charge in [-0.25, -0.2) is 4.98 Å². The van der Waals surface area contributed by atoms with Gasteiger partial charge in [-0.05, 0) is 66.3 Å². The number of amides is 1. The lowest BCUT2D eigenvalue weighted by Crippen LogP contribution is -2.37. The predicted octanol–water partition coefficient (Wildman–Crippen LogP) is 6.73. The summed E-state index contributed by atoms with van der Waals surface area (Å²) in [6.45, 7) is 0.178. The molecule has 5 aromatic rings. The molecule has 2 N–H and O–H groups in total. The van der Waals surface area contributed by atoms with Crippen molar-refractivity contribution in [1.82, 2.24) is 14.9 Å². The highest BCUT2D eigenvalue weighted by Gasteiger charge is 2.33. The first kappa shape index (κ1) is 26.8. The molecule has 0 saturated heterocycles. The van der Waals surface area contributed by atoms with Crippen LogP contribution in [0.5, 0.6) is 5.75 Å². The zero-order valence-corrected chi connectivity index (χ0v) is 23.0. The number of para-hydroxylation sites is 1. The number of aromatic nitrogens is 2. The van der Waals surface area contributed by atoms with E-state index < -0.39 is 6.04 Å². The second-order valence-corrected chi connectivity index (χ2v) is 10.8. The second kappa shape index (κ2) is 12.4. The van der Waals surface area contributed by atoms with E-state index in [9.17, 15) is 9.90 Å². The van der Waals surface area contributed by atoms with Crippen molar-refractivity contribution in [2.24, 2.45) is 5.92 Å². The third kappa shape index (κ3) is 6.03. The van der Waals surface area contributed by atoms with Crippen molar-refractivity contribution in [2.75, 3.05) is 6.61 Å². The number of pyridine rings is 1. The van der Waals surface area contributed by atoms with Crippen LogP contribution in [0, 0.1) is 5.92 Å². The van der Waals surface area contributed by atoms with E-state index in [1.807, 2.05) is 95.8 Å². The van der Waals surface area contributed by atoms with E-state index in [0.717, 1.165) is 64.8 Å². The van der Waals surface area contributed by atoms with E-state index in [2.05, 4.69) is 23.5 Å². The van der Waals surface area contributed by atoms with E-state index >= 15 is 0 Å². The molecule has 0 bridgehead atoms. The SMILES string of the molecule is O=C(N[C@@H](CO)c1ccccc1)C(c1ccc(OCc2ccc3ccccc3n2)c(-n2cccc2)c1)C1CCCC1. The number of nitrogens with zero attached hydrogens (tertiary/aromatic N) is 2. The first-order valence-corrected chi connectivity index (χ1v) is 14.4. The van der Waals surface area contributed by atoms with Gasteiger partial charge < -0.3 is 19.7 Å². The minimum atomic E-state index is -0.450. The first-order valence-electron chi connectivity index (χ1n) is 14.4. The molecule has 1 aliphatic carbocycles. The Labute approximate surface area is 240 Å². The molecule has 41 heavy (non-hydrogen) atoms. The molecular formula is C35H35N3O3. The average molecular weight is 546 g/mol. The molecule has 0 aliphatic heterocycles. The second-order valence-electron chi connectivity index (χ2n) is 10.8. The van der Waals surface area contributed by atoms with Crippen LogP contribution in [0.1, 0.15) is 54.5 Å². The zero-order valence-electron chi connectivity index (χ0n) is 23.0. The lowest BCUT2D eigenvalue weighted by molar-refractivity contribution is -0.124. The molecule has 2 heterocycles. The smallest absolute Gasteiger partial charge is 0.228 e. The summed E-state index contributed by atoms with van der Waals surface area (Å²) < 4.78 is 8.36. The number of nitrogens with one attached hydrogen (secondary N) is 1. The maximum absolute atomic E-state index is 13.9. The fourth-order valence-electron chi connectivity index (χ4n) is 6.00. The number of hydrogen-bond donors (Lipinski definition) is 2. The van der Waals surface area contributed by atoms with Gasteiger partial charge in [0.15, 0.2) is 0 Å². The summed E-state index contributed by atoms with van der Waals surface area (Å²) in [6.07, 6.45) is 8.25. The molecule has 1 unspecified atom stereocenters. The Bertz CT molecular complexity index is 1590. The Morgan fingerprint density at radius 2 is 1.66 bits per heavy atom. The van der Waals surface area contributed by atoms with Crippen LogP contribution >= 0.6 is 0 Å². The van der Waals surface area contributed by atoms with Crippen LogP contribution in [0.25, 0.3) is 16.6 Å². The molecule has 0 radical (unpaired) electrons. The summed E-state index contributed by atoms with van der Waals surface area (Å²) in [5.41, 5.74) is 4.53. The first-order chi connectivity index (χ1) is 20.2. The van der Waals surface area contributed by atoms with E-state index in [0.29, 0.717) is 6.61 Å². The third-order valence-electron chi connectivity index (χ3n) is 8.11. The van der Waals surface area contributed by atoms with Crippen LogP contribution in [0.15, 0.2) is 109 Å².